The summed E-state index contributed by atoms with van der Waals surface area (Å²) in [4.78, 5) is 36.2. The smallest absolute Gasteiger partial charge is 0.216 e. The van der Waals surface area contributed by atoms with Gasteiger partial charge in [0, 0.05) is 24.2 Å². The van der Waals surface area contributed by atoms with Gasteiger partial charge in [0.1, 0.15) is 6.04 Å². The Morgan fingerprint density at radius 2 is 2.10 bits per heavy atom. The predicted octanol–water partition coefficient (Wildman–Crippen LogP) is 5.40. The van der Waals surface area contributed by atoms with Crippen LogP contribution in [0.3, 0.4) is 0 Å². The molecule has 0 bridgehead atoms. The molecule has 0 spiro atoms. The number of nitrogens with zero attached hydrogens (tertiary/aromatic N) is 3. The highest BCUT2D eigenvalue weighted by atomic mass is 35.5. The number of Topliss-reactive ketones (excluding diaryl/α,β-unsaturated/α-hetero) is 1. The van der Waals surface area contributed by atoms with Crippen molar-refractivity contribution >= 4 is 45.9 Å². The minimum Gasteiger partial charge on any atom is -0.295 e. The average molecular weight is 448 g/mol. The van der Waals surface area contributed by atoms with Crippen LogP contribution in [0.2, 0.25) is 5.02 Å². The molecule has 0 amide bonds. The molecule has 1 aliphatic rings. The molecule has 2 atom stereocenters. The van der Waals surface area contributed by atoms with Gasteiger partial charge in [0.25, 0.3) is 0 Å². The maximum atomic E-state index is 12.6. The van der Waals surface area contributed by atoms with Crippen molar-refractivity contribution in [3.8, 4) is 10.6 Å². The Balaban J connectivity index is 1.67. The Kier molecular flexibility index (Phi) is 5.14. The Morgan fingerprint density at radius 3 is 2.87 bits per heavy atom. The van der Waals surface area contributed by atoms with Crippen molar-refractivity contribution in [1.82, 2.24) is 14.9 Å². The number of pyridine rings is 1. The molecule has 3 heterocycles. The fraction of sp³-hybridized carbons (Fsp3) is 0.167. The third kappa shape index (κ3) is 3.37. The van der Waals surface area contributed by atoms with Gasteiger partial charge in [-0.1, -0.05) is 48.0 Å². The van der Waals surface area contributed by atoms with Crippen LogP contribution < -0.4 is 0 Å². The number of para-hydroxylation sites is 1. The van der Waals surface area contributed by atoms with Crippen LogP contribution in [0.1, 0.15) is 35.7 Å². The highest BCUT2D eigenvalue weighted by molar-refractivity contribution is 7.13. The lowest BCUT2D eigenvalue weighted by molar-refractivity contribution is -0.134. The molecule has 31 heavy (non-hydrogen) atoms. The molecule has 0 radical (unpaired) electrons. The molecule has 5 rings (SSSR count). The van der Waals surface area contributed by atoms with Gasteiger partial charge in [-0.15, -0.1) is 11.3 Å². The molecule has 0 aliphatic carbocycles. The summed E-state index contributed by atoms with van der Waals surface area (Å²) < 4.78 is 0. The number of benzene rings is 2. The van der Waals surface area contributed by atoms with E-state index in [1.165, 1.54) is 11.3 Å². The van der Waals surface area contributed by atoms with Crippen molar-refractivity contribution in [3.05, 3.63) is 82.0 Å². The second-order valence-electron chi connectivity index (χ2n) is 7.57. The van der Waals surface area contributed by atoms with Crippen LogP contribution in [-0.4, -0.2) is 26.9 Å². The zero-order valence-corrected chi connectivity index (χ0v) is 18.2. The molecule has 0 fully saturated rings. The number of hydrogen-bond acceptors (Lipinski definition) is 6. The zero-order chi connectivity index (χ0) is 21.5. The molecule has 1 unspecified atom stereocenters. The van der Waals surface area contributed by atoms with Crippen LogP contribution >= 0.6 is 22.9 Å². The van der Waals surface area contributed by atoms with E-state index in [0.717, 1.165) is 38.2 Å². The van der Waals surface area contributed by atoms with Crippen molar-refractivity contribution in [3.63, 3.8) is 0 Å². The van der Waals surface area contributed by atoms with E-state index in [1.54, 1.807) is 11.7 Å². The van der Waals surface area contributed by atoms with Crippen LogP contribution in [0.25, 0.3) is 21.5 Å². The van der Waals surface area contributed by atoms with Gasteiger partial charge in [0.15, 0.2) is 6.29 Å². The van der Waals surface area contributed by atoms with Crippen LogP contribution in [0, 0.1) is 0 Å². The molecular weight excluding hydrogens is 430 g/mol. The second-order valence-corrected chi connectivity index (χ2v) is 8.87. The maximum Gasteiger partial charge on any atom is 0.216 e. The van der Waals surface area contributed by atoms with Gasteiger partial charge in [-0.25, -0.2) is 4.98 Å². The molecule has 2 aromatic carbocycles. The SMILES string of the molecule is C[C@@H](c1cc2cccc(Cl)c2nc1-c1cncs1)N1Cc2ccccc2C1C(=O)C=O. The third-order valence-corrected chi connectivity index (χ3v) is 6.94. The van der Waals surface area contributed by atoms with E-state index in [2.05, 4.69) is 22.9 Å². The monoisotopic (exact) mass is 447 g/mol. The number of aldehydes is 1. The predicted molar refractivity (Wildman–Crippen MR) is 122 cm³/mol. The summed E-state index contributed by atoms with van der Waals surface area (Å²) in [6.07, 6.45) is 2.22. The first kappa shape index (κ1) is 20.0. The number of fused-ring (bicyclic) bond motifs is 2. The van der Waals surface area contributed by atoms with E-state index in [0.29, 0.717) is 17.9 Å². The van der Waals surface area contributed by atoms with Gasteiger partial charge in [-0.3, -0.25) is 19.5 Å². The normalized spacial score (nSPS) is 16.9. The number of hydrogen-bond donors (Lipinski definition) is 0. The van der Waals surface area contributed by atoms with Crippen LogP contribution in [0.5, 0.6) is 0 Å². The number of rotatable bonds is 5. The quantitative estimate of drug-likeness (QED) is 0.303. The minimum atomic E-state index is -0.604. The van der Waals surface area contributed by atoms with Crippen LogP contribution in [0.4, 0.5) is 0 Å². The minimum absolute atomic E-state index is 0.172. The lowest BCUT2D eigenvalue weighted by Crippen LogP contribution is -2.31. The van der Waals surface area contributed by atoms with Gasteiger partial charge in [0.05, 0.1) is 26.6 Å². The Bertz CT molecular complexity index is 1310. The van der Waals surface area contributed by atoms with Crippen molar-refractivity contribution < 1.29 is 9.59 Å². The van der Waals surface area contributed by atoms with Gasteiger partial charge in [-0.05, 0) is 35.7 Å². The van der Waals surface area contributed by atoms with E-state index in [9.17, 15) is 9.59 Å². The van der Waals surface area contributed by atoms with E-state index in [4.69, 9.17) is 16.6 Å². The molecule has 4 aromatic rings. The second kappa shape index (κ2) is 7.96. The summed E-state index contributed by atoms with van der Waals surface area (Å²) in [6.45, 7) is 2.63. The van der Waals surface area contributed by atoms with Gasteiger partial charge in [-0.2, -0.15) is 0 Å². The highest BCUT2D eigenvalue weighted by Crippen LogP contribution is 2.43. The highest BCUT2D eigenvalue weighted by Gasteiger charge is 2.38. The lowest BCUT2D eigenvalue weighted by atomic mass is 9.98. The number of carbonyl (C=O) groups excluding carboxylic acids is 2. The number of carbonyl (C=O) groups is 2. The molecule has 0 saturated carbocycles. The summed E-state index contributed by atoms with van der Waals surface area (Å²) >= 11 is 7.93. The first-order valence-corrected chi connectivity index (χ1v) is 11.1. The summed E-state index contributed by atoms with van der Waals surface area (Å²) in [7, 11) is 0. The third-order valence-electron chi connectivity index (χ3n) is 5.86. The number of halogens is 1. The number of ketones is 1. The fourth-order valence-corrected chi connectivity index (χ4v) is 5.22. The van der Waals surface area contributed by atoms with E-state index >= 15 is 0 Å². The van der Waals surface area contributed by atoms with Crippen molar-refractivity contribution in [1.29, 1.82) is 0 Å². The van der Waals surface area contributed by atoms with Crippen molar-refractivity contribution in [2.24, 2.45) is 0 Å². The molecule has 0 saturated heterocycles. The number of thiazole rings is 1. The summed E-state index contributed by atoms with van der Waals surface area (Å²) in [5.74, 6) is -0.437. The van der Waals surface area contributed by atoms with Gasteiger partial charge in [0.2, 0.25) is 5.78 Å². The Labute approximate surface area is 188 Å². The maximum absolute atomic E-state index is 12.6. The van der Waals surface area contributed by atoms with Gasteiger partial charge < -0.3 is 0 Å². The molecule has 154 valence electrons. The summed E-state index contributed by atoms with van der Waals surface area (Å²) in [5.41, 5.74) is 6.22. The van der Waals surface area contributed by atoms with Crippen LogP contribution in [0.15, 0.2) is 60.2 Å². The Morgan fingerprint density at radius 1 is 1.26 bits per heavy atom. The molecule has 0 N–H and O–H groups in total. The van der Waals surface area contributed by atoms with E-state index < -0.39 is 11.8 Å². The molecule has 7 heteroatoms. The van der Waals surface area contributed by atoms with Crippen molar-refractivity contribution in [2.45, 2.75) is 25.6 Å². The molecule has 5 nitrogen and oxygen atoms in total. The first-order valence-electron chi connectivity index (χ1n) is 9.89. The van der Waals surface area contributed by atoms with E-state index in [1.807, 2.05) is 42.5 Å². The zero-order valence-electron chi connectivity index (χ0n) is 16.7. The summed E-state index contributed by atoms with van der Waals surface area (Å²) in [5, 5.41) is 1.52. The standard InChI is InChI=1S/C24H18ClN3O2S/c1-14(28-11-16-5-2-3-7-17(16)24(28)20(30)12-29)18-9-15-6-4-8-19(25)22(15)27-23(18)21-10-26-13-31-21/h2-10,12-14,24H,11H2,1H3/t14-,24?/m0/s1. The molecule has 2 aromatic heterocycles. The summed E-state index contributed by atoms with van der Waals surface area (Å²) in [6, 6.07) is 14.8. The first-order chi connectivity index (χ1) is 15.1. The van der Waals surface area contributed by atoms with Crippen molar-refractivity contribution in [2.75, 3.05) is 0 Å². The lowest BCUT2D eigenvalue weighted by Gasteiger charge is -2.30. The average Bonchev–Trinajstić information content (AvgIpc) is 3.46. The van der Waals surface area contributed by atoms with E-state index in [-0.39, 0.29) is 6.04 Å². The molecule has 1 aliphatic heterocycles. The topological polar surface area (TPSA) is 63.2 Å². The number of aromatic nitrogens is 2. The Hall–Kier alpha value is -2.93. The molecular formula is C24H18ClN3O2S. The van der Waals surface area contributed by atoms with Gasteiger partial charge >= 0.3 is 0 Å². The largest absolute Gasteiger partial charge is 0.295 e. The van der Waals surface area contributed by atoms with Crippen LogP contribution in [-0.2, 0) is 16.1 Å². The fourth-order valence-electron chi connectivity index (χ4n) is 4.36.